The Bertz CT molecular complexity index is 6570. The van der Waals surface area contributed by atoms with E-state index in [0.29, 0.717) is 49.1 Å². The smallest absolute Gasteiger partial charge is 0.459 e. The van der Waals surface area contributed by atoms with E-state index < -0.39 is 0 Å². The van der Waals surface area contributed by atoms with Gasteiger partial charge in [0.15, 0.2) is 0 Å². The number of rotatable bonds is 7. The molecule has 6 aromatic heterocycles. The largest absolute Gasteiger partial charge is 2.00 e. The molecule has 17 aromatic rings. The van der Waals surface area contributed by atoms with Gasteiger partial charge in [-0.15, -0.1) is 195 Å². The van der Waals surface area contributed by atoms with Gasteiger partial charge >= 0.3 is 63.2 Å². The van der Waals surface area contributed by atoms with Gasteiger partial charge in [0.25, 0.3) is 0 Å². The van der Waals surface area contributed by atoms with E-state index in [4.69, 9.17) is 34.6 Å². The molecule has 0 aliphatic carbocycles. The maximum Gasteiger partial charge on any atom is 2.00 e. The zero-order valence-electron chi connectivity index (χ0n) is 69.2. The summed E-state index contributed by atoms with van der Waals surface area (Å²) in [5.74, 6) is 8.18. The topological polar surface area (TPSA) is 119 Å². The van der Waals surface area contributed by atoms with E-state index in [1.807, 2.05) is 73.4 Å². The van der Waals surface area contributed by atoms with Crippen molar-refractivity contribution in [1.82, 2.24) is 57.3 Å². The van der Waals surface area contributed by atoms with Crippen molar-refractivity contribution in [2.75, 3.05) is 4.90 Å². The van der Waals surface area contributed by atoms with Gasteiger partial charge in [-0.25, -0.2) is 4.98 Å². The van der Waals surface area contributed by atoms with Crippen LogP contribution in [0.3, 0.4) is 0 Å². The van der Waals surface area contributed by atoms with Gasteiger partial charge < -0.3 is 37.0 Å². The van der Waals surface area contributed by atoms with Crippen LogP contribution in [0.25, 0.3) is 90.7 Å². The summed E-state index contributed by atoms with van der Waals surface area (Å²) in [6.07, 6.45) is 15.2. The molecular formula is C103H89N13OPt3. The van der Waals surface area contributed by atoms with Gasteiger partial charge in [0.1, 0.15) is 23.3 Å². The van der Waals surface area contributed by atoms with Gasteiger partial charge in [-0.1, -0.05) is 124 Å². The number of para-hydroxylation sites is 4. The Hall–Kier alpha value is -11.7. The Kier molecular flexibility index (Phi) is 24.3. The summed E-state index contributed by atoms with van der Waals surface area (Å²) in [5.41, 5.74) is 31.6. The van der Waals surface area contributed by atoms with Crippen molar-refractivity contribution in [3.05, 3.63) is 375 Å². The monoisotopic (exact) mass is 2110 g/mol. The first kappa shape index (κ1) is 83.4. The quantitative estimate of drug-likeness (QED) is 0.145. The molecular weight excluding hydrogens is 2020 g/mol. The van der Waals surface area contributed by atoms with Crippen LogP contribution in [-0.4, -0.2) is 57.3 Å². The van der Waals surface area contributed by atoms with Crippen molar-refractivity contribution in [1.29, 1.82) is 0 Å². The predicted molar refractivity (Wildman–Crippen MR) is 467 cm³/mol. The average Bonchev–Trinajstić information content (AvgIpc) is 1.63. The van der Waals surface area contributed by atoms with E-state index in [-0.39, 0.29) is 63.2 Å². The van der Waals surface area contributed by atoms with E-state index in [9.17, 15) is 0 Å². The summed E-state index contributed by atoms with van der Waals surface area (Å²) < 4.78 is 19.2. The minimum absolute atomic E-state index is 0. The van der Waals surface area contributed by atoms with E-state index >= 15 is 0 Å². The molecule has 0 radical (unpaired) electrons. The Morgan fingerprint density at radius 3 is 1.22 bits per heavy atom. The first-order valence-corrected chi connectivity index (χ1v) is 40.2. The first-order valence-electron chi connectivity index (χ1n) is 40.2. The van der Waals surface area contributed by atoms with Crippen LogP contribution in [0.15, 0.2) is 243 Å². The van der Waals surface area contributed by atoms with E-state index in [2.05, 4.69) is 329 Å². The fourth-order valence-corrected chi connectivity index (χ4v) is 16.8. The summed E-state index contributed by atoms with van der Waals surface area (Å²) in [4.78, 5) is 32.7. The number of hydrogen-bond donors (Lipinski definition) is 0. The standard InChI is InChI=1S/C41H40N4.C34H27N5.C28H22N4O.3Pt/c1-25(2)35-17-27(5)18-36(26(3)4)40(35)44-24-37-32-15-9-13-30(19-32)21-34-23-45(39-28(6)11-8-12-29(39)7)41(42-34)33-16-10-14-31(20-33)22-38(44)43-37;1-23-10-7-11-24(2)33(23)38-21-30-26-13-9-17-29(20-26)39(28-15-5-4-6-16-28)32-22-37(3)34(36-32)27-14-8-12-25(18-27)19-31(38)35-30;1-18-7-4-8-19(2)27(18)32-16-24-21-10-6-12-23(15-21)33-26-17-31(3)28(30-26)22-11-5-9-20(13-22)14-25(32)29-24;;;/h8-18,23-26H,21-22H2,1-7H3;4-17,21-22H,19H2,1-3H3;4-12,16-17H,14H2,1-3H3;;;/q3*-2;3*+2. The zero-order chi connectivity index (χ0) is 80.4. The molecule has 0 unspecified atom stereocenters. The van der Waals surface area contributed by atoms with E-state index in [0.717, 1.165) is 136 Å². The molecule has 120 heavy (non-hydrogen) atoms. The third-order valence-corrected chi connectivity index (χ3v) is 22.3. The number of imidazole rings is 6. The number of anilines is 3. The van der Waals surface area contributed by atoms with Crippen molar-refractivity contribution in [3.8, 4) is 102 Å². The van der Waals surface area contributed by atoms with E-state index in [1.54, 1.807) is 0 Å². The first-order chi connectivity index (χ1) is 56.7. The third kappa shape index (κ3) is 16.6. The molecule has 3 aliphatic heterocycles. The molecule has 0 saturated carbocycles. The van der Waals surface area contributed by atoms with Crippen molar-refractivity contribution in [3.63, 3.8) is 0 Å². The second kappa shape index (κ2) is 35.0. The average molecular weight is 2110 g/mol. The Balaban J connectivity index is 0.000000140. The van der Waals surface area contributed by atoms with Gasteiger partial charge in [-0.3, -0.25) is 24.9 Å². The molecule has 0 amide bonds. The van der Waals surface area contributed by atoms with Gasteiger partial charge in [-0.2, -0.15) is 0 Å². The summed E-state index contributed by atoms with van der Waals surface area (Å²) in [6, 6.07) is 93.3. The molecule has 20 rings (SSSR count). The number of aromatic nitrogens is 12. The molecule has 0 fully saturated rings. The second-order valence-electron chi connectivity index (χ2n) is 31.8. The molecule has 0 saturated heterocycles. The third-order valence-electron chi connectivity index (χ3n) is 22.3. The maximum atomic E-state index is 6.06. The number of hydrogen-bond acceptors (Lipinski definition) is 8. The normalized spacial score (nSPS) is 12.1. The van der Waals surface area contributed by atoms with Crippen LogP contribution >= 0.6 is 0 Å². The van der Waals surface area contributed by atoms with Crippen LogP contribution in [0.1, 0.15) is 135 Å². The number of benzene rings is 11. The van der Waals surface area contributed by atoms with Crippen LogP contribution in [0.2, 0.25) is 0 Å². The van der Waals surface area contributed by atoms with Crippen molar-refractivity contribution in [2.45, 2.75) is 114 Å². The van der Waals surface area contributed by atoms with E-state index in [1.165, 1.54) is 67.1 Å². The molecule has 0 N–H and O–H groups in total. The number of fused-ring (bicyclic) bond motifs is 30. The molecule has 602 valence electrons. The summed E-state index contributed by atoms with van der Waals surface area (Å²) in [7, 11) is 4.00. The minimum atomic E-state index is 0. The van der Waals surface area contributed by atoms with Crippen molar-refractivity contribution < 1.29 is 67.9 Å². The van der Waals surface area contributed by atoms with Crippen molar-refractivity contribution >= 4 is 17.2 Å². The summed E-state index contributed by atoms with van der Waals surface area (Å²) in [6.45, 7) is 24.3. The van der Waals surface area contributed by atoms with Crippen LogP contribution in [0, 0.1) is 84.9 Å². The molecule has 11 aromatic carbocycles. The maximum absolute atomic E-state index is 6.06. The van der Waals surface area contributed by atoms with Crippen molar-refractivity contribution in [2.24, 2.45) is 14.1 Å². The van der Waals surface area contributed by atoms with Crippen LogP contribution in [-0.2, 0) is 103 Å². The van der Waals surface area contributed by atoms with Crippen LogP contribution in [0.4, 0.5) is 17.2 Å². The zero-order valence-corrected chi connectivity index (χ0v) is 76.1. The fraction of sp³-hybridized carbons (Fsp3) is 0.184. The molecule has 14 nitrogen and oxygen atoms in total. The van der Waals surface area contributed by atoms with Gasteiger partial charge in [-0.05, 0) is 148 Å². The Morgan fingerprint density at radius 1 is 0.333 bits per heavy atom. The van der Waals surface area contributed by atoms with Gasteiger partial charge in [0, 0.05) is 80.0 Å². The molecule has 0 spiro atoms. The summed E-state index contributed by atoms with van der Waals surface area (Å²) >= 11 is 0. The van der Waals surface area contributed by atoms with Crippen LogP contribution < -0.4 is 9.64 Å². The van der Waals surface area contributed by atoms with Gasteiger partial charge in [0.2, 0.25) is 5.88 Å². The Labute approximate surface area is 746 Å². The SMILES string of the molecule is Cc1cc(C(C)C)c(-n2cc3nc2Cc2[c-]c(ccc2)-c2nc(cn2-c2c(C)cccc2C)Cc2[c-]c-3ccc2)c(C(C)C)c1.Cc1cccc(C)c1-n1cc2nc1Cc1[c-]c(ccc1)-c1nc(cn1C)N(c1ccccc1)c1[c-]c-2ccc1.Cc1cccc(C)c1-n1cc2nc1Cc1[c-]c(ccc1)-c1nc(cn1C)Oc1[c-]c-2ccc1.[Pt+2].[Pt+2].[Pt+2]. The fourth-order valence-electron chi connectivity index (χ4n) is 16.8. The second-order valence-corrected chi connectivity index (χ2v) is 31.8. The van der Waals surface area contributed by atoms with Crippen LogP contribution in [0.5, 0.6) is 11.6 Å². The molecule has 17 heteroatoms. The molecule has 0 atom stereocenters. The minimum Gasteiger partial charge on any atom is -0.459 e. The molecule has 3 aliphatic rings. The number of ether oxygens (including phenoxy) is 1. The molecule has 9 heterocycles. The Morgan fingerprint density at radius 2 is 0.725 bits per heavy atom. The summed E-state index contributed by atoms with van der Waals surface area (Å²) in [5, 5.41) is 0. The molecule has 24 bridgehead atoms. The number of nitrogens with zero attached hydrogens (tertiary/aromatic N) is 13. The predicted octanol–water partition coefficient (Wildman–Crippen LogP) is 23.0. The number of aryl methyl sites for hydroxylation is 9. The van der Waals surface area contributed by atoms with Gasteiger partial charge in [0.05, 0.1) is 46.4 Å².